The molecule has 0 aliphatic heterocycles. The number of rotatable bonds is 20. The summed E-state index contributed by atoms with van der Waals surface area (Å²) in [6.45, 7) is 7.38. The van der Waals surface area contributed by atoms with Crippen LogP contribution in [0.5, 0.6) is 0 Å². The van der Waals surface area contributed by atoms with Crippen molar-refractivity contribution in [1.82, 2.24) is 19.9 Å². The summed E-state index contributed by atoms with van der Waals surface area (Å²) in [7, 11) is -4.67. The average molecular weight is 1000 g/mol. The molecule has 18 nitrogen and oxygen atoms in total. The molecule has 23 heteroatoms. The smallest absolute Gasteiger partial charge is 0.550 e. The molecular weight excluding hydrogens is 947 g/mol. The van der Waals surface area contributed by atoms with E-state index >= 15 is 0 Å². The first kappa shape index (κ1) is 58.6. The first-order valence-electron chi connectivity index (χ1n) is 20.3. The molecule has 2 aromatic heterocycles. The zero-order valence-electron chi connectivity index (χ0n) is 38.2. The molecule has 4 aromatic rings. The molecule has 0 amide bonds. The van der Waals surface area contributed by atoms with E-state index in [9.17, 15) is 65.8 Å². The molecule has 4 rings (SSSR count). The van der Waals surface area contributed by atoms with Crippen LogP contribution in [0, 0.1) is 11.6 Å². The third-order valence-corrected chi connectivity index (χ3v) is 11.9. The number of sulfonamides is 2. The molecule has 360 valence electrons. The molecule has 0 unspecified atom stereocenters. The Kier molecular flexibility index (Phi) is 22.5. The molecule has 0 saturated carbocycles. The summed E-state index contributed by atoms with van der Waals surface area (Å²) in [5.41, 5.74) is 3.52. The normalized spacial score (nSPS) is 13.7. The fraction of sp³-hybridized carbons (Fsp3) is 0.409. The van der Waals surface area contributed by atoms with Crippen LogP contribution in [-0.4, -0.2) is 158 Å². The third-order valence-electron chi connectivity index (χ3n) is 9.62. The number of aliphatic hydroxyl groups excluding tert-OH is 4. The molecule has 0 aliphatic carbocycles. The van der Waals surface area contributed by atoms with Gasteiger partial charge in [-0.05, 0) is 60.4 Å². The molecule has 0 bridgehead atoms. The van der Waals surface area contributed by atoms with Gasteiger partial charge in [-0.25, -0.2) is 54.2 Å². The molecule has 0 aliphatic rings. The van der Waals surface area contributed by atoms with Crippen LogP contribution in [0.2, 0.25) is 0 Å². The van der Waals surface area contributed by atoms with E-state index in [4.69, 9.17) is 0 Å². The molecule has 0 fully saturated rings. The summed E-state index contributed by atoms with van der Waals surface area (Å²) in [5, 5.41) is 61.1. The van der Waals surface area contributed by atoms with Gasteiger partial charge in [0.05, 0.1) is 59.7 Å². The Hall–Kier alpha value is -4.52. The Morgan fingerprint density at radius 2 is 0.910 bits per heavy atom. The topological polar surface area (TPSA) is 287 Å². The third kappa shape index (κ3) is 18.1. The zero-order chi connectivity index (χ0) is 49.8. The van der Waals surface area contributed by atoms with Crippen molar-refractivity contribution >= 4 is 93.8 Å². The van der Waals surface area contributed by atoms with Gasteiger partial charge in [0.25, 0.3) is 0 Å². The number of carbonyl (C=O) groups excluding carboxylic acids is 2. The summed E-state index contributed by atoms with van der Waals surface area (Å²) < 4.78 is 77.1. The molecule has 67 heavy (non-hydrogen) atoms. The van der Waals surface area contributed by atoms with Crippen LogP contribution in [0.25, 0.3) is 34.7 Å². The number of hydrogen-bond acceptors (Lipinski definition) is 16. The number of benzene rings is 2. The number of carboxylic acids is 2. The van der Waals surface area contributed by atoms with Gasteiger partial charge >= 0.3 is 37.7 Å². The molecule has 0 spiro atoms. The van der Waals surface area contributed by atoms with Gasteiger partial charge in [-0.3, -0.25) is 0 Å². The monoisotopic (exact) mass is 1000 g/mol. The SMILES string of the molecule is CC(C)c1nc(N(C)S(C)(=O)=O)nc(-c2ccc(F)cc2)c1/C=C/[C@@H](O)C[C@@H](O)CC(=O)[O-].CC(C)c1nc(N(C)S(C)(=O)=O)nc(-c2ccc(F)cc2)c1/C=C/[C@@H](O)C[C@@H](O)CC(=O)[O-].[Ca+2]. The van der Waals surface area contributed by atoms with Crippen molar-refractivity contribution < 1.29 is 65.8 Å². The Morgan fingerprint density at radius 1 is 0.612 bits per heavy atom. The van der Waals surface area contributed by atoms with Crippen molar-refractivity contribution in [1.29, 1.82) is 0 Å². The Balaban J connectivity index is 0.000000453. The number of aliphatic hydroxyl groups is 4. The van der Waals surface area contributed by atoms with Gasteiger partial charge in [-0.15, -0.1) is 0 Å². The Labute approximate surface area is 418 Å². The van der Waals surface area contributed by atoms with Gasteiger partial charge in [0.2, 0.25) is 31.9 Å². The van der Waals surface area contributed by atoms with Gasteiger partial charge in [-0.2, -0.15) is 0 Å². The quantitative estimate of drug-likeness (QED) is 0.0918. The number of aliphatic carboxylic acids is 2. The van der Waals surface area contributed by atoms with Gasteiger partial charge in [-0.1, -0.05) is 52.0 Å². The van der Waals surface area contributed by atoms with Gasteiger partial charge < -0.3 is 40.2 Å². The van der Waals surface area contributed by atoms with E-state index in [1.807, 2.05) is 27.7 Å². The molecule has 4 N–H and O–H groups in total. The van der Waals surface area contributed by atoms with E-state index in [1.54, 1.807) is 0 Å². The minimum absolute atomic E-state index is 0. The maximum atomic E-state index is 13.5. The van der Waals surface area contributed by atoms with Crippen LogP contribution in [0.3, 0.4) is 0 Å². The minimum atomic E-state index is -3.66. The van der Waals surface area contributed by atoms with Crippen molar-refractivity contribution in [2.24, 2.45) is 0 Å². The van der Waals surface area contributed by atoms with E-state index in [1.165, 1.54) is 86.9 Å². The number of hydrogen-bond donors (Lipinski definition) is 4. The van der Waals surface area contributed by atoms with Crippen molar-refractivity contribution in [2.75, 3.05) is 35.2 Å². The maximum Gasteiger partial charge on any atom is 2.00 e. The molecule has 4 atom stereocenters. The van der Waals surface area contributed by atoms with Crippen LogP contribution in [0.1, 0.15) is 87.7 Å². The summed E-state index contributed by atoms with van der Waals surface area (Å²) in [4.78, 5) is 38.9. The standard InChI is InChI=1S/2C22H28FN3O6S.Ca/c2*1-13(2)20-18(10-9-16(27)11-17(28)12-19(29)30)21(14-5-7-15(23)8-6-14)25-22(24-20)26(3)33(4,31)32;/h2*5-10,13,16-17,27-28H,11-12H2,1-4H3,(H,29,30);/q;;+2/p-2/b2*10-9+;/t2*16-,17-;/m11./s1. The van der Waals surface area contributed by atoms with E-state index in [-0.39, 0.29) is 74.3 Å². The molecule has 2 heterocycles. The Morgan fingerprint density at radius 3 is 1.16 bits per heavy atom. The van der Waals surface area contributed by atoms with E-state index < -0.39 is 80.9 Å². The fourth-order valence-corrected chi connectivity index (χ4v) is 6.83. The zero-order valence-corrected chi connectivity index (χ0v) is 42.1. The summed E-state index contributed by atoms with van der Waals surface area (Å²) in [6, 6.07) is 10.9. The van der Waals surface area contributed by atoms with Crippen molar-refractivity contribution in [2.45, 2.75) is 89.6 Å². The number of anilines is 2. The summed E-state index contributed by atoms with van der Waals surface area (Å²) in [5.74, 6) is -4.28. The molecule has 0 saturated heterocycles. The number of carbonyl (C=O) groups is 2. The predicted octanol–water partition coefficient (Wildman–Crippen LogP) is 1.75. The average Bonchev–Trinajstić information content (AvgIpc) is 3.20. The number of carboxylic acid groups (broad SMARTS) is 2. The van der Waals surface area contributed by atoms with Gasteiger partial charge in [0.15, 0.2) is 0 Å². The van der Waals surface area contributed by atoms with Crippen LogP contribution in [-0.2, 0) is 29.6 Å². The Bertz CT molecular complexity index is 2430. The van der Waals surface area contributed by atoms with Gasteiger partial charge in [0.1, 0.15) is 11.6 Å². The summed E-state index contributed by atoms with van der Waals surface area (Å²) in [6.07, 6.45) is 1.16. The number of nitrogens with zero attached hydrogens (tertiary/aromatic N) is 6. The second kappa shape index (κ2) is 25.7. The van der Waals surface area contributed by atoms with Crippen LogP contribution < -0.4 is 18.8 Å². The molecular formula is C44H54CaF2N6O12S2. The fourth-order valence-electron chi connectivity index (χ4n) is 6.07. The predicted molar refractivity (Wildman–Crippen MR) is 246 cm³/mol. The van der Waals surface area contributed by atoms with Crippen molar-refractivity contribution in [3.8, 4) is 22.5 Å². The molecule has 0 radical (unpaired) electrons. The van der Waals surface area contributed by atoms with E-state index in [0.29, 0.717) is 45.0 Å². The maximum absolute atomic E-state index is 13.5. The largest absolute Gasteiger partial charge is 2.00 e. The van der Waals surface area contributed by atoms with Crippen LogP contribution in [0.15, 0.2) is 60.7 Å². The van der Waals surface area contributed by atoms with Crippen molar-refractivity contribution in [3.05, 3.63) is 94.8 Å². The first-order chi connectivity index (χ1) is 30.6. The molecule has 2 aromatic carbocycles. The number of aromatic nitrogens is 4. The number of halogens is 2. The van der Waals surface area contributed by atoms with E-state index in [0.717, 1.165) is 21.1 Å². The second-order valence-electron chi connectivity index (χ2n) is 15.9. The minimum Gasteiger partial charge on any atom is -0.550 e. The van der Waals surface area contributed by atoms with Crippen LogP contribution in [0.4, 0.5) is 20.7 Å². The first-order valence-corrected chi connectivity index (χ1v) is 24.0. The van der Waals surface area contributed by atoms with E-state index in [2.05, 4.69) is 19.9 Å². The van der Waals surface area contributed by atoms with Gasteiger partial charge in [0, 0.05) is 74.0 Å². The second-order valence-corrected chi connectivity index (χ2v) is 19.9. The summed E-state index contributed by atoms with van der Waals surface area (Å²) >= 11 is 0. The van der Waals surface area contributed by atoms with Crippen LogP contribution >= 0.6 is 0 Å². The van der Waals surface area contributed by atoms with Crippen molar-refractivity contribution in [3.63, 3.8) is 0 Å².